The van der Waals surface area contributed by atoms with E-state index < -0.39 is 11.6 Å². The van der Waals surface area contributed by atoms with E-state index in [-0.39, 0.29) is 24.0 Å². The molecule has 7 nitrogen and oxygen atoms in total. The van der Waals surface area contributed by atoms with Gasteiger partial charge in [0.25, 0.3) is 5.91 Å². The summed E-state index contributed by atoms with van der Waals surface area (Å²) < 4.78 is 42.9. The monoisotopic (exact) mass is 457 g/mol. The molecular weight excluding hydrogens is 432 g/mol. The Labute approximate surface area is 190 Å². The summed E-state index contributed by atoms with van der Waals surface area (Å²) in [5.41, 5.74) is 1.74. The largest absolute Gasteiger partial charge is 0.497 e. The van der Waals surface area contributed by atoms with E-state index in [1.165, 1.54) is 6.07 Å². The van der Waals surface area contributed by atoms with Gasteiger partial charge < -0.3 is 18.9 Å². The van der Waals surface area contributed by atoms with Crippen molar-refractivity contribution in [3.05, 3.63) is 76.7 Å². The summed E-state index contributed by atoms with van der Waals surface area (Å²) >= 11 is 0. The molecule has 1 fully saturated rings. The number of aromatic nitrogens is 1. The van der Waals surface area contributed by atoms with Gasteiger partial charge in [-0.1, -0.05) is 17.3 Å². The number of methoxy groups -OCH3 is 1. The Bertz CT molecular complexity index is 1130. The second-order valence-electron chi connectivity index (χ2n) is 7.85. The Morgan fingerprint density at radius 1 is 1.12 bits per heavy atom. The average Bonchev–Trinajstić information content (AvgIpc) is 3.19. The second kappa shape index (κ2) is 9.99. The summed E-state index contributed by atoms with van der Waals surface area (Å²) in [7, 11) is 1.64. The van der Waals surface area contributed by atoms with E-state index in [4.69, 9.17) is 14.0 Å². The molecule has 1 aliphatic heterocycles. The van der Waals surface area contributed by atoms with Gasteiger partial charge in [-0.05, 0) is 36.8 Å². The highest BCUT2D eigenvalue weighted by molar-refractivity contribution is 5.93. The summed E-state index contributed by atoms with van der Waals surface area (Å²) in [5, 5.41) is 3.92. The Balaban J connectivity index is 1.37. The first-order valence-corrected chi connectivity index (χ1v) is 10.6. The molecule has 9 heteroatoms. The predicted molar refractivity (Wildman–Crippen MR) is 116 cm³/mol. The molecule has 1 saturated heterocycles. The molecule has 33 heavy (non-hydrogen) atoms. The minimum Gasteiger partial charge on any atom is -0.497 e. The van der Waals surface area contributed by atoms with E-state index in [1.54, 1.807) is 18.9 Å². The third-order valence-corrected chi connectivity index (χ3v) is 5.65. The fourth-order valence-electron chi connectivity index (χ4n) is 3.76. The first kappa shape index (κ1) is 22.7. The van der Waals surface area contributed by atoms with Crippen LogP contribution in [0.5, 0.6) is 11.5 Å². The highest BCUT2D eigenvalue weighted by Crippen LogP contribution is 2.23. The van der Waals surface area contributed by atoms with E-state index in [0.717, 1.165) is 30.0 Å². The zero-order valence-electron chi connectivity index (χ0n) is 18.5. The van der Waals surface area contributed by atoms with Crippen molar-refractivity contribution >= 4 is 5.91 Å². The Morgan fingerprint density at radius 3 is 2.64 bits per heavy atom. The summed E-state index contributed by atoms with van der Waals surface area (Å²) in [4.78, 5) is 17.1. The Morgan fingerprint density at radius 2 is 1.91 bits per heavy atom. The van der Waals surface area contributed by atoms with Crippen molar-refractivity contribution in [1.29, 1.82) is 0 Å². The second-order valence-corrected chi connectivity index (χ2v) is 7.85. The van der Waals surface area contributed by atoms with Gasteiger partial charge in [0, 0.05) is 38.8 Å². The third-order valence-electron chi connectivity index (χ3n) is 5.65. The zero-order valence-corrected chi connectivity index (χ0v) is 18.5. The van der Waals surface area contributed by atoms with Gasteiger partial charge in [0.1, 0.15) is 23.9 Å². The first-order valence-electron chi connectivity index (χ1n) is 10.6. The number of piperazine rings is 1. The number of amides is 1. The van der Waals surface area contributed by atoms with Gasteiger partial charge in [0.15, 0.2) is 17.3 Å². The highest BCUT2D eigenvalue weighted by atomic mass is 19.1. The minimum atomic E-state index is -0.816. The standard InChI is InChI=1S/C24H25F2N3O4/c1-16-20(15-32-22-7-6-18(25)13-21(22)26)23(27-33-16)24(30)29-10-8-28(9-11-29)14-17-4-3-5-19(12-17)31-2/h3-7,12-13H,8-11,14-15H2,1-2H3. The van der Waals surface area contributed by atoms with E-state index >= 15 is 0 Å². The number of aryl methyl sites for hydroxylation is 1. The molecule has 0 radical (unpaired) electrons. The Kier molecular flexibility index (Phi) is 6.88. The van der Waals surface area contributed by atoms with Crippen LogP contribution in [0, 0.1) is 18.6 Å². The lowest BCUT2D eigenvalue weighted by atomic mass is 10.1. The SMILES string of the molecule is COc1cccc(CN2CCN(C(=O)c3noc(C)c3COc3ccc(F)cc3F)CC2)c1. The van der Waals surface area contributed by atoms with Crippen LogP contribution in [-0.4, -0.2) is 54.2 Å². The van der Waals surface area contributed by atoms with Crippen LogP contribution >= 0.6 is 0 Å². The molecule has 0 bridgehead atoms. The number of halogens is 2. The molecule has 0 aliphatic carbocycles. The van der Waals surface area contributed by atoms with E-state index in [0.29, 0.717) is 37.5 Å². The quantitative estimate of drug-likeness (QED) is 0.538. The van der Waals surface area contributed by atoms with Gasteiger partial charge in [0.2, 0.25) is 0 Å². The minimum absolute atomic E-state index is 0.110. The van der Waals surface area contributed by atoms with Crippen molar-refractivity contribution in [2.45, 2.75) is 20.1 Å². The van der Waals surface area contributed by atoms with Crippen LogP contribution in [0.25, 0.3) is 0 Å². The topological polar surface area (TPSA) is 68.0 Å². The fraction of sp³-hybridized carbons (Fsp3) is 0.333. The van der Waals surface area contributed by atoms with Crippen molar-refractivity contribution in [1.82, 2.24) is 15.0 Å². The smallest absolute Gasteiger partial charge is 0.276 e. The summed E-state index contributed by atoms with van der Waals surface area (Å²) in [6.45, 7) is 4.83. The molecule has 1 amide bonds. The average molecular weight is 457 g/mol. The number of carbonyl (C=O) groups is 1. The number of nitrogens with zero attached hydrogens (tertiary/aromatic N) is 3. The lowest BCUT2D eigenvalue weighted by Gasteiger charge is -2.34. The maximum Gasteiger partial charge on any atom is 0.276 e. The zero-order chi connectivity index (χ0) is 23.4. The van der Waals surface area contributed by atoms with E-state index in [1.807, 2.05) is 18.2 Å². The lowest BCUT2D eigenvalue weighted by molar-refractivity contribution is 0.0616. The van der Waals surface area contributed by atoms with Crippen LogP contribution in [0.3, 0.4) is 0 Å². The summed E-state index contributed by atoms with van der Waals surface area (Å²) in [6.07, 6.45) is 0. The van der Waals surface area contributed by atoms with Crippen LogP contribution in [0.1, 0.15) is 27.4 Å². The van der Waals surface area contributed by atoms with Crippen molar-refractivity contribution in [2.75, 3.05) is 33.3 Å². The number of rotatable bonds is 7. The molecule has 0 unspecified atom stereocenters. The molecule has 1 aromatic heterocycles. The molecular formula is C24H25F2N3O4. The molecule has 1 aliphatic rings. The van der Waals surface area contributed by atoms with E-state index in [9.17, 15) is 13.6 Å². The summed E-state index contributed by atoms with van der Waals surface area (Å²) in [5.74, 6) is -0.644. The van der Waals surface area contributed by atoms with Gasteiger partial charge in [-0.15, -0.1) is 0 Å². The van der Waals surface area contributed by atoms with Gasteiger partial charge in [-0.3, -0.25) is 9.69 Å². The molecule has 0 saturated carbocycles. The van der Waals surface area contributed by atoms with Crippen LogP contribution in [0.4, 0.5) is 8.78 Å². The van der Waals surface area contributed by atoms with Crippen LogP contribution in [0.15, 0.2) is 47.0 Å². The number of hydrogen-bond acceptors (Lipinski definition) is 6. The molecule has 3 aromatic rings. The molecule has 2 aromatic carbocycles. The van der Waals surface area contributed by atoms with Crippen LogP contribution < -0.4 is 9.47 Å². The lowest BCUT2D eigenvalue weighted by Crippen LogP contribution is -2.48. The molecule has 0 N–H and O–H groups in total. The van der Waals surface area contributed by atoms with Gasteiger partial charge >= 0.3 is 0 Å². The number of benzene rings is 2. The van der Waals surface area contributed by atoms with Gasteiger partial charge in [-0.25, -0.2) is 8.78 Å². The van der Waals surface area contributed by atoms with Gasteiger partial charge in [-0.2, -0.15) is 0 Å². The van der Waals surface area contributed by atoms with Crippen LogP contribution in [0.2, 0.25) is 0 Å². The molecule has 2 heterocycles. The van der Waals surface area contributed by atoms with Crippen LogP contribution in [-0.2, 0) is 13.2 Å². The normalized spacial score (nSPS) is 14.4. The summed E-state index contributed by atoms with van der Waals surface area (Å²) in [6, 6.07) is 11.0. The fourth-order valence-corrected chi connectivity index (χ4v) is 3.76. The molecule has 4 rings (SSSR count). The maximum absolute atomic E-state index is 13.9. The predicted octanol–water partition coefficient (Wildman–Crippen LogP) is 3.81. The maximum atomic E-state index is 13.9. The number of hydrogen-bond donors (Lipinski definition) is 0. The first-order chi connectivity index (χ1) is 15.9. The van der Waals surface area contributed by atoms with E-state index in [2.05, 4.69) is 16.1 Å². The Hall–Kier alpha value is -3.46. The van der Waals surface area contributed by atoms with Crippen molar-refractivity contribution < 1.29 is 27.6 Å². The van der Waals surface area contributed by atoms with Crippen molar-refractivity contribution in [3.63, 3.8) is 0 Å². The molecule has 174 valence electrons. The third kappa shape index (κ3) is 5.31. The van der Waals surface area contributed by atoms with Crippen molar-refractivity contribution in [3.8, 4) is 11.5 Å². The van der Waals surface area contributed by atoms with Crippen molar-refractivity contribution in [2.24, 2.45) is 0 Å². The number of ether oxygens (including phenoxy) is 2. The highest BCUT2D eigenvalue weighted by Gasteiger charge is 2.28. The molecule has 0 spiro atoms. The van der Waals surface area contributed by atoms with Gasteiger partial charge in [0.05, 0.1) is 12.7 Å². The molecule has 0 atom stereocenters. The number of carbonyl (C=O) groups excluding carboxylic acids is 1.